The number of benzene rings is 2. The molecule has 1 heterocycles. The van der Waals surface area contributed by atoms with Crippen molar-refractivity contribution in [1.82, 2.24) is 9.80 Å². The summed E-state index contributed by atoms with van der Waals surface area (Å²) >= 11 is 0. The van der Waals surface area contributed by atoms with Crippen LogP contribution in [0.5, 0.6) is 5.75 Å². The Bertz CT molecular complexity index is 1090. The van der Waals surface area contributed by atoms with Gasteiger partial charge in [0.25, 0.3) is 5.91 Å². The summed E-state index contributed by atoms with van der Waals surface area (Å²) in [5, 5.41) is 0. The number of nitrogens with zero attached hydrogens (tertiary/aromatic N) is 2. The maximum absolute atomic E-state index is 14.2. The van der Waals surface area contributed by atoms with Crippen molar-refractivity contribution in [2.75, 3.05) is 33.3 Å². The van der Waals surface area contributed by atoms with Gasteiger partial charge in [0.1, 0.15) is 11.6 Å². The molecule has 0 saturated carbocycles. The van der Waals surface area contributed by atoms with Gasteiger partial charge in [-0.3, -0.25) is 9.59 Å². The molecule has 1 aliphatic heterocycles. The van der Waals surface area contributed by atoms with Gasteiger partial charge in [-0.2, -0.15) is 0 Å². The van der Waals surface area contributed by atoms with Crippen molar-refractivity contribution in [3.05, 3.63) is 89.9 Å². The molecule has 1 amide bonds. The van der Waals surface area contributed by atoms with Crippen molar-refractivity contribution < 1.29 is 18.7 Å². The van der Waals surface area contributed by atoms with E-state index in [-0.39, 0.29) is 17.5 Å². The van der Waals surface area contributed by atoms with E-state index in [2.05, 4.69) is 6.58 Å². The zero-order valence-corrected chi connectivity index (χ0v) is 19.3. The number of hydrogen-bond donors (Lipinski definition) is 0. The predicted octanol–water partition coefficient (Wildman–Crippen LogP) is 5.02. The molecule has 33 heavy (non-hydrogen) atoms. The molecule has 0 bridgehead atoms. The van der Waals surface area contributed by atoms with Crippen LogP contribution in [-0.4, -0.2) is 54.8 Å². The average Bonchev–Trinajstić information content (AvgIpc) is 2.83. The number of hydrogen-bond acceptors (Lipinski definition) is 4. The molecule has 2 aromatic rings. The Morgan fingerprint density at radius 2 is 1.61 bits per heavy atom. The van der Waals surface area contributed by atoms with Gasteiger partial charge in [-0.1, -0.05) is 36.9 Å². The first-order chi connectivity index (χ1) is 15.8. The van der Waals surface area contributed by atoms with Crippen LogP contribution >= 0.6 is 0 Å². The number of ether oxygens (including phenoxy) is 1. The second-order valence-corrected chi connectivity index (χ2v) is 7.89. The van der Waals surface area contributed by atoms with Crippen LogP contribution in [0, 0.1) is 0 Å². The molecule has 2 aromatic carbocycles. The Kier molecular flexibility index (Phi) is 7.83. The molecular weight excluding hydrogens is 419 g/mol. The number of carbonyl (C=O) groups excluding carboxylic acids is 2. The third kappa shape index (κ3) is 5.77. The zero-order valence-electron chi connectivity index (χ0n) is 19.3. The number of piperazine rings is 1. The minimum atomic E-state index is -0.346. The van der Waals surface area contributed by atoms with E-state index in [1.165, 1.54) is 19.9 Å². The third-order valence-electron chi connectivity index (χ3n) is 5.70. The van der Waals surface area contributed by atoms with Gasteiger partial charge in [0.15, 0.2) is 5.78 Å². The summed E-state index contributed by atoms with van der Waals surface area (Å²) in [4.78, 5) is 28.5. The lowest BCUT2D eigenvalue weighted by Crippen LogP contribution is -2.48. The fourth-order valence-corrected chi connectivity index (χ4v) is 3.75. The molecule has 0 spiro atoms. The fraction of sp³-hybridized carbons (Fsp3) is 0.259. The Hall–Kier alpha value is -3.67. The van der Waals surface area contributed by atoms with Gasteiger partial charge in [0.05, 0.1) is 18.4 Å². The average molecular weight is 449 g/mol. The van der Waals surface area contributed by atoms with Crippen LogP contribution in [0.2, 0.25) is 0 Å². The summed E-state index contributed by atoms with van der Waals surface area (Å²) < 4.78 is 19.6. The number of methoxy groups -OCH3 is 1. The summed E-state index contributed by atoms with van der Waals surface area (Å²) in [5.41, 5.74) is 3.08. The normalized spacial score (nSPS) is 14.8. The highest BCUT2D eigenvalue weighted by Gasteiger charge is 2.26. The van der Waals surface area contributed by atoms with E-state index in [1.807, 2.05) is 47.4 Å². The quantitative estimate of drug-likeness (QED) is 0.441. The molecule has 172 valence electrons. The maximum Gasteiger partial charge on any atom is 0.254 e. The Balaban J connectivity index is 1.79. The van der Waals surface area contributed by atoms with Crippen LogP contribution in [-0.2, 0) is 4.79 Å². The molecule has 0 N–H and O–H groups in total. The lowest BCUT2D eigenvalue weighted by Gasteiger charge is -2.37. The first-order valence-electron chi connectivity index (χ1n) is 10.8. The van der Waals surface area contributed by atoms with Crippen LogP contribution in [0.4, 0.5) is 4.39 Å². The summed E-state index contributed by atoms with van der Waals surface area (Å²) in [5.74, 6) is 0.0211. The minimum Gasteiger partial charge on any atom is -0.497 e. The van der Waals surface area contributed by atoms with Crippen LogP contribution in [0.25, 0.3) is 11.1 Å². The predicted molar refractivity (Wildman–Crippen MR) is 129 cm³/mol. The van der Waals surface area contributed by atoms with Crippen LogP contribution in [0.15, 0.2) is 84.4 Å². The molecule has 0 radical (unpaired) electrons. The molecular formula is C27H29FN2O3. The van der Waals surface area contributed by atoms with Crippen molar-refractivity contribution in [1.29, 1.82) is 0 Å². The molecule has 5 nitrogen and oxygen atoms in total. The van der Waals surface area contributed by atoms with E-state index in [4.69, 9.17) is 4.74 Å². The largest absolute Gasteiger partial charge is 0.497 e. The van der Waals surface area contributed by atoms with Crippen LogP contribution in [0.3, 0.4) is 0 Å². The highest BCUT2D eigenvalue weighted by Crippen LogP contribution is 2.29. The van der Waals surface area contributed by atoms with E-state index >= 15 is 0 Å². The minimum absolute atomic E-state index is 0.0876. The first-order valence-corrected chi connectivity index (χ1v) is 10.8. The molecule has 1 saturated heterocycles. The van der Waals surface area contributed by atoms with Gasteiger partial charge in [-0.05, 0) is 55.3 Å². The molecule has 1 aliphatic rings. The first kappa shape index (κ1) is 24.0. The molecule has 0 aromatic heterocycles. The maximum atomic E-state index is 14.2. The number of carbonyl (C=O) groups is 2. The van der Waals surface area contributed by atoms with Gasteiger partial charge < -0.3 is 14.5 Å². The van der Waals surface area contributed by atoms with Gasteiger partial charge >= 0.3 is 0 Å². The summed E-state index contributed by atoms with van der Waals surface area (Å²) in [7, 11) is 1.58. The van der Waals surface area contributed by atoms with Gasteiger partial charge in [-0.15, -0.1) is 0 Å². The van der Waals surface area contributed by atoms with Crippen molar-refractivity contribution in [3.8, 4) is 16.9 Å². The van der Waals surface area contributed by atoms with Gasteiger partial charge in [-0.25, -0.2) is 4.39 Å². The smallest absolute Gasteiger partial charge is 0.254 e. The fourth-order valence-electron chi connectivity index (χ4n) is 3.75. The number of ketones is 1. The number of Topliss-reactive ketones (excluding diaryl/α,β-unsaturated/α-hetero) is 1. The third-order valence-corrected chi connectivity index (χ3v) is 5.70. The molecule has 0 atom stereocenters. The Labute approximate surface area is 194 Å². The molecule has 3 rings (SSSR count). The monoisotopic (exact) mass is 448 g/mol. The molecule has 0 unspecified atom stereocenters. The summed E-state index contributed by atoms with van der Waals surface area (Å²) in [6.07, 6.45) is 3.10. The topological polar surface area (TPSA) is 49.9 Å². The second kappa shape index (κ2) is 10.8. The van der Waals surface area contributed by atoms with Crippen molar-refractivity contribution in [2.45, 2.75) is 13.8 Å². The van der Waals surface area contributed by atoms with Crippen molar-refractivity contribution in [3.63, 3.8) is 0 Å². The highest BCUT2D eigenvalue weighted by atomic mass is 19.1. The van der Waals surface area contributed by atoms with E-state index in [0.717, 1.165) is 11.1 Å². The van der Waals surface area contributed by atoms with E-state index in [1.54, 1.807) is 24.2 Å². The highest BCUT2D eigenvalue weighted by molar-refractivity contribution is 6.01. The van der Waals surface area contributed by atoms with E-state index in [9.17, 15) is 14.0 Å². The number of amides is 1. The lowest BCUT2D eigenvalue weighted by atomic mass is 9.98. The van der Waals surface area contributed by atoms with E-state index in [0.29, 0.717) is 48.8 Å². The molecule has 0 aliphatic carbocycles. The van der Waals surface area contributed by atoms with Gasteiger partial charge in [0.2, 0.25) is 0 Å². The Morgan fingerprint density at radius 3 is 2.18 bits per heavy atom. The zero-order chi connectivity index (χ0) is 24.0. The molecule has 1 fully saturated rings. The summed E-state index contributed by atoms with van der Waals surface area (Å²) in [6.45, 7) is 8.34. The second-order valence-electron chi connectivity index (χ2n) is 7.89. The lowest BCUT2D eigenvalue weighted by molar-refractivity contribution is -0.113. The standard InChI is InChI=1S/C27H29FN2O3/c1-19(21(3)31)10-13-26(20(2)28)29-14-16-30(17-15-29)27(32)25-18-23(33-4)11-12-24(25)22-8-6-5-7-9-22/h5-13,18H,1,14-17H2,2-4H3/b13-10-,26-20-. The SMILES string of the molecule is C=C(/C=C\C(=C(/C)F)N1CCN(C(=O)c2cc(OC)ccc2-c2ccccc2)CC1)C(C)=O. The van der Waals surface area contributed by atoms with E-state index < -0.39 is 0 Å². The number of halogens is 1. The van der Waals surface area contributed by atoms with Gasteiger partial charge in [0, 0.05) is 31.8 Å². The van der Waals surface area contributed by atoms with Crippen molar-refractivity contribution >= 4 is 11.7 Å². The van der Waals surface area contributed by atoms with Crippen LogP contribution in [0.1, 0.15) is 24.2 Å². The van der Waals surface area contributed by atoms with Crippen molar-refractivity contribution in [2.24, 2.45) is 0 Å². The Morgan fingerprint density at radius 1 is 0.970 bits per heavy atom. The van der Waals surface area contributed by atoms with Crippen LogP contribution < -0.4 is 4.74 Å². The number of rotatable bonds is 7. The summed E-state index contributed by atoms with van der Waals surface area (Å²) in [6, 6.07) is 15.3. The number of allylic oxidation sites excluding steroid dienone is 4. The molecule has 6 heteroatoms.